The molecule has 0 bridgehead atoms. The van der Waals surface area contributed by atoms with Crippen LogP contribution in [0.25, 0.3) is 0 Å². The Labute approximate surface area is 149 Å². The van der Waals surface area contributed by atoms with Gasteiger partial charge in [0.05, 0.1) is 6.04 Å². The molecular formula is C20H28N2O3. The standard InChI is InChI=1S/C20H28N2O3/c1-14(2)21-19(23)15-8-10-18(11-9-15)25-13-17-7-4-12-22(17)20(24)16-5-3-6-16/h8-11,14,16-17H,3-7,12-13H2,1-2H3,(H,21,23)/t17-/m1/s1. The first kappa shape index (κ1) is 17.8. The molecule has 1 aromatic rings. The summed E-state index contributed by atoms with van der Waals surface area (Å²) in [5, 5.41) is 2.87. The van der Waals surface area contributed by atoms with Gasteiger partial charge >= 0.3 is 0 Å². The average Bonchev–Trinajstić information content (AvgIpc) is 2.99. The summed E-state index contributed by atoms with van der Waals surface area (Å²) < 4.78 is 5.89. The first-order valence-electron chi connectivity index (χ1n) is 9.39. The minimum absolute atomic E-state index is 0.0744. The quantitative estimate of drug-likeness (QED) is 0.863. The molecule has 0 aromatic heterocycles. The van der Waals surface area contributed by atoms with E-state index in [-0.39, 0.29) is 23.9 Å². The van der Waals surface area contributed by atoms with Crippen LogP contribution in [0.4, 0.5) is 0 Å². The summed E-state index contributed by atoms with van der Waals surface area (Å²) in [4.78, 5) is 26.5. The van der Waals surface area contributed by atoms with E-state index in [4.69, 9.17) is 4.74 Å². The molecule has 2 aliphatic rings. The predicted molar refractivity (Wildman–Crippen MR) is 96.6 cm³/mol. The Hall–Kier alpha value is -2.04. The smallest absolute Gasteiger partial charge is 0.251 e. The topological polar surface area (TPSA) is 58.6 Å². The number of nitrogens with zero attached hydrogens (tertiary/aromatic N) is 1. The number of hydrogen-bond acceptors (Lipinski definition) is 3. The van der Waals surface area contributed by atoms with Crippen molar-refractivity contribution in [1.82, 2.24) is 10.2 Å². The lowest BCUT2D eigenvalue weighted by Crippen LogP contribution is -2.44. The van der Waals surface area contributed by atoms with E-state index in [1.165, 1.54) is 6.42 Å². The fourth-order valence-electron chi connectivity index (χ4n) is 3.43. The summed E-state index contributed by atoms with van der Waals surface area (Å²) in [5.41, 5.74) is 0.628. The maximum Gasteiger partial charge on any atom is 0.251 e. The average molecular weight is 344 g/mol. The van der Waals surface area contributed by atoms with Gasteiger partial charge < -0.3 is 15.0 Å². The van der Waals surface area contributed by atoms with Gasteiger partial charge in [-0.25, -0.2) is 0 Å². The third-order valence-electron chi connectivity index (χ3n) is 5.09. The Morgan fingerprint density at radius 2 is 1.88 bits per heavy atom. The van der Waals surface area contributed by atoms with E-state index in [9.17, 15) is 9.59 Å². The van der Waals surface area contributed by atoms with E-state index in [2.05, 4.69) is 5.32 Å². The Balaban J connectivity index is 1.52. The minimum atomic E-state index is -0.0744. The van der Waals surface area contributed by atoms with Crippen LogP contribution in [-0.4, -0.2) is 41.9 Å². The monoisotopic (exact) mass is 344 g/mol. The Bertz CT molecular complexity index is 608. The molecule has 2 fully saturated rings. The Kier molecular flexibility index (Phi) is 5.61. The highest BCUT2D eigenvalue weighted by atomic mass is 16.5. The molecule has 1 aliphatic carbocycles. The van der Waals surface area contributed by atoms with Gasteiger partial charge in [0.15, 0.2) is 0 Å². The highest BCUT2D eigenvalue weighted by molar-refractivity contribution is 5.94. The zero-order valence-corrected chi connectivity index (χ0v) is 15.2. The van der Waals surface area contributed by atoms with Crippen molar-refractivity contribution >= 4 is 11.8 Å². The second kappa shape index (κ2) is 7.89. The summed E-state index contributed by atoms with van der Waals surface area (Å²) >= 11 is 0. The Morgan fingerprint density at radius 3 is 2.48 bits per heavy atom. The summed E-state index contributed by atoms with van der Waals surface area (Å²) in [5.74, 6) is 1.23. The first-order chi connectivity index (χ1) is 12.0. The van der Waals surface area contributed by atoms with Crippen molar-refractivity contribution in [2.75, 3.05) is 13.2 Å². The van der Waals surface area contributed by atoms with Crippen molar-refractivity contribution in [3.8, 4) is 5.75 Å². The van der Waals surface area contributed by atoms with Crippen molar-refractivity contribution in [2.45, 2.75) is 58.0 Å². The van der Waals surface area contributed by atoms with Crippen LogP contribution in [0, 0.1) is 5.92 Å². The molecule has 25 heavy (non-hydrogen) atoms. The summed E-state index contributed by atoms with van der Waals surface area (Å²) in [7, 11) is 0. The Morgan fingerprint density at radius 1 is 1.16 bits per heavy atom. The van der Waals surface area contributed by atoms with Crippen molar-refractivity contribution in [3.05, 3.63) is 29.8 Å². The van der Waals surface area contributed by atoms with E-state index in [1.54, 1.807) is 12.1 Å². The van der Waals surface area contributed by atoms with Crippen LogP contribution in [0.15, 0.2) is 24.3 Å². The molecule has 0 spiro atoms. The van der Waals surface area contributed by atoms with Crippen LogP contribution in [0.1, 0.15) is 56.3 Å². The highest BCUT2D eigenvalue weighted by Crippen LogP contribution is 2.31. The molecule has 0 unspecified atom stereocenters. The SMILES string of the molecule is CC(C)NC(=O)c1ccc(OC[C@H]2CCCN2C(=O)C2CCC2)cc1. The molecule has 1 aromatic carbocycles. The minimum Gasteiger partial charge on any atom is -0.491 e. The molecule has 1 atom stereocenters. The van der Waals surface area contributed by atoms with Gasteiger partial charge in [0, 0.05) is 24.1 Å². The second-order valence-electron chi connectivity index (χ2n) is 7.42. The normalized spacial score (nSPS) is 20.4. The number of carbonyl (C=O) groups is 2. The third kappa shape index (κ3) is 4.33. The summed E-state index contributed by atoms with van der Waals surface area (Å²) in [6.07, 6.45) is 5.34. The molecule has 1 saturated heterocycles. The summed E-state index contributed by atoms with van der Waals surface area (Å²) in [6.45, 7) is 5.26. The van der Waals surface area contributed by atoms with Gasteiger partial charge in [-0.05, 0) is 63.8 Å². The lowest BCUT2D eigenvalue weighted by atomic mass is 9.84. The number of rotatable bonds is 6. The molecule has 1 saturated carbocycles. The van der Waals surface area contributed by atoms with Crippen molar-refractivity contribution < 1.29 is 14.3 Å². The van der Waals surface area contributed by atoms with E-state index in [0.717, 1.165) is 38.0 Å². The van der Waals surface area contributed by atoms with Crippen LogP contribution in [-0.2, 0) is 4.79 Å². The molecule has 5 nitrogen and oxygen atoms in total. The van der Waals surface area contributed by atoms with Crippen molar-refractivity contribution in [3.63, 3.8) is 0 Å². The van der Waals surface area contributed by atoms with Gasteiger partial charge in [-0.15, -0.1) is 0 Å². The maximum absolute atomic E-state index is 12.5. The van der Waals surface area contributed by atoms with Crippen molar-refractivity contribution in [2.24, 2.45) is 5.92 Å². The predicted octanol–water partition coefficient (Wildman–Crippen LogP) is 2.99. The fraction of sp³-hybridized carbons (Fsp3) is 0.600. The number of amides is 2. The van der Waals surface area contributed by atoms with Crippen LogP contribution in [0.2, 0.25) is 0 Å². The molecule has 0 radical (unpaired) electrons. The van der Waals surface area contributed by atoms with Gasteiger partial charge in [-0.3, -0.25) is 9.59 Å². The van der Waals surface area contributed by atoms with Crippen LogP contribution < -0.4 is 10.1 Å². The number of ether oxygens (including phenoxy) is 1. The largest absolute Gasteiger partial charge is 0.491 e. The molecule has 2 amide bonds. The van der Waals surface area contributed by atoms with Gasteiger partial charge in [-0.2, -0.15) is 0 Å². The van der Waals surface area contributed by atoms with Gasteiger partial charge in [0.2, 0.25) is 5.91 Å². The molecule has 1 N–H and O–H groups in total. The molecule has 1 aliphatic heterocycles. The van der Waals surface area contributed by atoms with Crippen molar-refractivity contribution in [1.29, 1.82) is 0 Å². The van der Waals surface area contributed by atoms with Gasteiger partial charge in [0.25, 0.3) is 5.91 Å². The molecule has 3 rings (SSSR count). The van der Waals surface area contributed by atoms with Crippen LogP contribution in [0.5, 0.6) is 5.75 Å². The molecule has 136 valence electrons. The fourth-order valence-corrected chi connectivity index (χ4v) is 3.43. The first-order valence-corrected chi connectivity index (χ1v) is 9.39. The number of nitrogens with one attached hydrogen (secondary N) is 1. The summed E-state index contributed by atoms with van der Waals surface area (Å²) in [6, 6.07) is 7.49. The van der Waals surface area contributed by atoms with Crippen LogP contribution >= 0.6 is 0 Å². The number of likely N-dealkylation sites (tertiary alicyclic amines) is 1. The molecular weight excluding hydrogens is 316 g/mol. The van der Waals surface area contributed by atoms with Crippen LogP contribution in [0.3, 0.4) is 0 Å². The zero-order chi connectivity index (χ0) is 17.8. The van der Waals surface area contributed by atoms with E-state index in [1.807, 2.05) is 30.9 Å². The third-order valence-corrected chi connectivity index (χ3v) is 5.09. The highest BCUT2D eigenvalue weighted by Gasteiger charge is 2.35. The lowest BCUT2D eigenvalue weighted by Gasteiger charge is -2.32. The second-order valence-corrected chi connectivity index (χ2v) is 7.42. The maximum atomic E-state index is 12.5. The van der Waals surface area contributed by atoms with Gasteiger partial charge in [-0.1, -0.05) is 6.42 Å². The number of carbonyl (C=O) groups excluding carboxylic acids is 2. The molecule has 5 heteroatoms. The van der Waals surface area contributed by atoms with E-state index >= 15 is 0 Å². The van der Waals surface area contributed by atoms with Gasteiger partial charge in [0.1, 0.15) is 12.4 Å². The molecule has 1 heterocycles. The number of hydrogen-bond donors (Lipinski definition) is 1. The van der Waals surface area contributed by atoms with E-state index < -0.39 is 0 Å². The lowest BCUT2D eigenvalue weighted by molar-refractivity contribution is -0.139. The van der Waals surface area contributed by atoms with E-state index in [0.29, 0.717) is 18.1 Å². The number of benzene rings is 1. The zero-order valence-electron chi connectivity index (χ0n) is 15.2.